The molecule has 0 aliphatic heterocycles. The van der Waals surface area contributed by atoms with Crippen LogP contribution in [0.4, 0.5) is 0 Å². The van der Waals surface area contributed by atoms with Gasteiger partial charge in [-0.2, -0.15) is 0 Å². The van der Waals surface area contributed by atoms with Gasteiger partial charge in [-0.05, 0) is 38.4 Å². The van der Waals surface area contributed by atoms with Gasteiger partial charge >= 0.3 is 0 Å². The zero-order chi connectivity index (χ0) is 11.3. The van der Waals surface area contributed by atoms with Gasteiger partial charge in [-0.1, -0.05) is 0 Å². The molecule has 1 amide bonds. The highest BCUT2D eigenvalue weighted by molar-refractivity contribution is 7.12. The summed E-state index contributed by atoms with van der Waals surface area (Å²) in [5, 5.41) is 2.89. The normalized spacial score (nSPS) is 10.3. The molecule has 0 aromatic carbocycles. The van der Waals surface area contributed by atoms with Crippen LogP contribution in [0.1, 0.15) is 28.2 Å². The van der Waals surface area contributed by atoms with E-state index in [1.54, 1.807) is 11.3 Å². The van der Waals surface area contributed by atoms with E-state index < -0.39 is 0 Å². The van der Waals surface area contributed by atoms with Crippen molar-refractivity contribution in [3.05, 3.63) is 21.4 Å². The average molecular weight is 226 g/mol. The summed E-state index contributed by atoms with van der Waals surface area (Å²) in [6.07, 6.45) is 1.29. The molecule has 0 radical (unpaired) electrons. The van der Waals surface area contributed by atoms with Crippen LogP contribution < -0.4 is 11.1 Å². The predicted molar refractivity (Wildman–Crippen MR) is 63.9 cm³/mol. The first kappa shape index (κ1) is 12.2. The van der Waals surface area contributed by atoms with Crippen LogP contribution in [0.3, 0.4) is 0 Å². The van der Waals surface area contributed by atoms with Gasteiger partial charge < -0.3 is 11.1 Å². The van der Waals surface area contributed by atoms with E-state index in [4.69, 9.17) is 5.73 Å². The highest BCUT2D eigenvalue weighted by Gasteiger charge is 2.03. The fraction of sp³-hybridized carbons (Fsp3) is 0.545. The summed E-state index contributed by atoms with van der Waals surface area (Å²) in [6.45, 7) is 5.40. The van der Waals surface area contributed by atoms with Crippen LogP contribution >= 0.6 is 11.3 Å². The van der Waals surface area contributed by atoms with Crippen LogP contribution in [0, 0.1) is 13.8 Å². The lowest BCUT2D eigenvalue weighted by Crippen LogP contribution is -2.22. The number of aryl methyl sites for hydroxylation is 2. The first-order valence-electron chi connectivity index (χ1n) is 5.16. The molecule has 84 valence electrons. The number of carbonyl (C=O) groups excluding carboxylic acids is 1. The zero-order valence-electron chi connectivity index (χ0n) is 9.30. The highest BCUT2D eigenvalue weighted by atomic mass is 32.1. The summed E-state index contributed by atoms with van der Waals surface area (Å²) >= 11 is 1.74. The van der Waals surface area contributed by atoms with Gasteiger partial charge in [-0.25, -0.2) is 0 Å². The molecule has 0 saturated heterocycles. The SMILES string of the molecule is Cc1cc(CNC(=O)CCCN)sc1C. The molecule has 3 N–H and O–H groups in total. The Labute approximate surface area is 94.7 Å². The topological polar surface area (TPSA) is 55.1 Å². The summed E-state index contributed by atoms with van der Waals surface area (Å²) in [5.41, 5.74) is 6.63. The van der Waals surface area contributed by atoms with Crippen molar-refractivity contribution < 1.29 is 4.79 Å². The molecule has 0 saturated carbocycles. The maximum atomic E-state index is 11.3. The summed E-state index contributed by atoms with van der Waals surface area (Å²) in [6, 6.07) is 2.13. The zero-order valence-corrected chi connectivity index (χ0v) is 10.1. The first-order chi connectivity index (χ1) is 7.13. The number of hydrogen-bond acceptors (Lipinski definition) is 3. The fourth-order valence-corrected chi connectivity index (χ4v) is 2.27. The Morgan fingerprint density at radius 2 is 2.27 bits per heavy atom. The monoisotopic (exact) mass is 226 g/mol. The molecule has 0 spiro atoms. The summed E-state index contributed by atoms with van der Waals surface area (Å²) in [7, 11) is 0. The van der Waals surface area contributed by atoms with Crippen LogP contribution in [0.15, 0.2) is 6.07 Å². The second-order valence-corrected chi connectivity index (χ2v) is 4.96. The first-order valence-corrected chi connectivity index (χ1v) is 5.98. The molecule has 15 heavy (non-hydrogen) atoms. The molecule has 1 aromatic rings. The quantitative estimate of drug-likeness (QED) is 0.803. The molecular formula is C11H18N2OS. The van der Waals surface area contributed by atoms with E-state index in [1.807, 2.05) is 0 Å². The van der Waals surface area contributed by atoms with Crippen molar-refractivity contribution in [3.63, 3.8) is 0 Å². The minimum atomic E-state index is 0.0872. The number of thiophene rings is 1. The summed E-state index contributed by atoms with van der Waals surface area (Å²) in [5.74, 6) is 0.0872. The second-order valence-electron chi connectivity index (χ2n) is 3.62. The smallest absolute Gasteiger partial charge is 0.220 e. The van der Waals surface area contributed by atoms with E-state index in [0.717, 1.165) is 6.42 Å². The molecule has 3 nitrogen and oxygen atoms in total. The minimum absolute atomic E-state index is 0.0872. The Balaban J connectivity index is 2.33. The van der Waals surface area contributed by atoms with Gasteiger partial charge in [0.25, 0.3) is 0 Å². The number of nitrogens with one attached hydrogen (secondary N) is 1. The van der Waals surface area contributed by atoms with Crippen LogP contribution in [0.25, 0.3) is 0 Å². The molecule has 0 atom stereocenters. The third-order valence-electron chi connectivity index (χ3n) is 2.28. The van der Waals surface area contributed by atoms with Crippen molar-refractivity contribution in [2.75, 3.05) is 6.54 Å². The Bertz CT molecular complexity index is 314. The Morgan fingerprint density at radius 3 is 2.80 bits per heavy atom. The predicted octanol–water partition coefficient (Wildman–Crippen LogP) is 1.72. The maximum Gasteiger partial charge on any atom is 0.220 e. The Kier molecular flexibility index (Phi) is 4.78. The van der Waals surface area contributed by atoms with Crippen molar-refractivity contribution >= 4 is 17.2 Å². The number of nitrogens with two attached hydrogens (primary N) is 1. The number of hydrogen-bond donors (Lipinski definition) is 2. The summed E-state index contributed by atoms with van der Waals surface area (Å²) < 4.78 is 0. The molecular weight excluding hydrogens is 208 g/mol. The van der Waals surface area contributed by atoms with Crippen molar-refractivity contribution in [2.24, 2.45) is 5.73 Å². The maximum absolute atomic E-state index is 11.3. The lowest BCUT2D eigenvalue weighted by molar-refractivity contribution is -0.121. The molecule has 1 heterocycles. The van der Waals surface area contributed by atoms with E-state index in [-0.39, 0.29) is 5.91 Å². The van der Waals surface area contributed by atoms with E-state index in [9.17, 15) is 4.79 Å². The van der Waals surface area contributed by atoms with Crippen LogP contribution in [-0.2, 0) is 11.3 Å². The molecule has 0 bridgehead atoms. The molecule has 1 aromatic heterocycles. The van der Waals surface area contributed by atoms with Crippen molar-refractivity contribution in [2.45, 2.75) is 33.2 Å². The molecule has 0 unspecified atom stereocenters. The van der Waals surface area contributed by atoms with Gasteiger partial charge in [-0.15, -0.1) is 11.3 Å². The lowest BCUT2D eigenvalue weighted by atomic mass is 10.2. The van der Waals surface area contributed by atoms with Gasteiger partial charge in [-0.3, -0.25) is 4.79 Å². The van der Waals surface area contributed by atoms with Crippen molar-refractivity contribution in [1.82, 2.24) is 5.32 Å². The van der Waals surface area contributed by atoms with Crippen molar-refractivity contribution in [3.8, 4) is 0 Å². The van der Waals surface area contributed by atoms with Gasteiger partial charge in [0, 0.05) is 16.2 Å². The average Bonchev–Trinajstić information content (AvgIpc) is 2.52. The fourth-order valence-electron chi connectivity index (χ4n) is 1.27. The molecule has 0 aliphatic carbocycles. The van der Waals surface area contributed by atoms with Gasteiger partial charge in [0.05, 0.1) is 6.54 Å². The van der Waals surface area contributed by atoms with E-state index >= 15 is 0 Å². The molecule has 0 fully saturated rings. The number of rotatable bonds is 5. The lowest BCUT2D eigenvalue weighted by Gasteiger charge is -2.01. The van der Waals surface area contributed by atoms with Gasteiger partial charge in [0.2, 0.25) is 5.91 Å². The highest BCUT2D eigenvalue weighted by Crippen LogP contribution is 2.20. The Hall–Kier alpha value is -0.870. The van der Waals surface area contributed by atoms with Gasteiger partial charge in [0.15, 0.2) is 0 Å². The Morgan fingerprint density at radius 1 is 1.53 bits per heavy atom. The third-order valence-corrected chi connectivity index (χ3v) is 3.44. The summed E-state index contributed by atoms with van der Waals surface area (Å²) in [4.78, 5) is 13.8. The van der Waals surface area contributed by atoms with Crippen LogP contribution in [0.2, 0.25) is 0 Å². The third kappa shape index (κ3) is 4.01. The second kappa shape index (κ2) is 5.88. The minimum Gasteiger partial charge on any atom is -0.351 e. The van der Waals surface area contributed by atoms with E-state index in [0.29, 0.717) is 19.5 Å². The standard InChI is InChI=1S/C11H18N2OS/c1-8-6-10(15-9(8)2)7-13-11(14)4-3-5-12/h6H,3-5,7,12H2,1-2H3,(H,13,14). The molecule has 4 heteroatoms. The number of amides is 1. The van der Waals surface area contributed by atoms with Crippen LogP contribution in [-0.4, -0.2) is 12.5 Å². The van der Waals surface area contributed by atoms with Crippen LogP contribution in [0.5, 0.6) is 0 Å². The van der Waals surface area contributed by atoms with E-state index in [1.165, 1.54) is 15.3 Å². The van der Waals surface area contributed by atoms with Crippen molar-refractivity contribution in [1.29, 1.82) is 0 Å². The van der Waals surface area contributed by atoms with E-state index in [2.05, 4.69) is 25.2 Å². The number of carbonyl (C=O) groups is 1. The molecule has 0 aliphatic rings. The largest absolute Gasteiger partial charge is 0.351 e. The molecule has 1 rings (SSSR count). The van der Waals surface area contributed by atoms with Gasteiger partial charge in [0.1, 0.15) is 0 Å².